The molecule has 0 bridgehead atoms. The Morgan fingerprint density at radius 3 is 2.38 bits per heavy atom. The van der Waals surface area contributed by atoms with E-state index in [0.717, 1.165) is 17.1 Å². The first-order chi connectivity index (χ1) is 7.65. The Hall–Kier alpha value is -1.91. The Morgan fingerprint density at radius 1 is 1.38 bits per heavy atom. The van der Waals surface area contributed by atoms with Gasteiger partial charge < -0.3 is 5.11 Å². The Morgan fingerprint density at radius 2 is 1.94 bits per heavy atom. The van der Waals surface area contributed by atoms with Gasteiger partial charge in [0.15, 0.2) is 0 Å². The van der Waals surface area contributed by atoms with E-state index in [1.165, 1.54) is 0 Å². The topological polar surface area (TPSA) is 74.0 Å². The lowest BCUT2D eigenvalue weighted by Gasteiger charge is -2.21. The lowest BCUT2D eigenvalue weighted by Crippen LogP contribution is -2.44. The van der Waals surface area contributed by atoms with Crippen molar-refractivity contribution in [1.82, 2.24) is 5.32 Å². The molecule has 0 saturated heterocycles. The van der Waals surface area contributed by atoms with Gasteiger partial charge in [-0.05, 0) is 12.1 Å². The van der Waals surface area contributed by atoms with Crippen LogP contribution in [0, 0.1) is 0 Å². The van der Waals surface area contributed by atoms with E-state index < -0.39 is 11.9 Å². The Bertz CT molecular complexity index is 489. The molecule has 1 aliphatic heterocycles. The van der Waals surface area contributed by atoms with Crippen LogP contribution in [0.25, 0.3) is 0 Å². The highest BCUT2D eigenvalue weighted by molar-refractivity contribution is 5.65. The number of hydrogen-bond donors (Lipinski definition) is 2. The minimum atomic E-state index is -1.10. The van der Waals surface area contributed by atoms with Crippen LogP contribution in [-0.2, 0) is 0 Å². The number of benzene rings is 1. The number of nitrogens with one attached hydrogen (secondary N) is 1. The lowest BCUT2D eigenvalue weighted by atomic mass is 10.2. The van der Waals surface area contributed by atoms with Crippen LogP contribution in [0.5, 0.6) is 0 Å². The molecule has 0 unspecified atom stereocenters. The van der Waals surface area contributed by atoms with Crippen LogP contribution < -0.4 is 16.0 Å². The number of carbonyl (C=O) groups is 1. The zero-order valence-electron chi connectivity index (χ0n) is 8.97. The van der Waals surface area contributed by atoms with Gasteiger partial charge in [0, 0.05) is 6.42 Å². The van der Waals surface area contributed by atoms with Gasteiger partial charge in [-0.25, -0.2) is 14.8 Å². The van der Waals surface area contributed by atoms with Crippen molar-refractivity contribution in [3.8, 4) is 0 Å². The lowest BCUT2D eigenvalue weighted by molar-refractivity contribution is 0.177. The normalized spacial score (nSPS) is 15.8. The second-order valence-electron chi connectivity index (χ2n) is 3.71. The summed E-state index contributed by atoms with van der Waals surface area (Å²) in [5.74, 6) is -1.02. The number of hydrogen-bond acceptors (Lipinski definition) is 3. The predicted molar refractivity (Wildman–Crippen MR) is 57.6 cm³/mol. The molecule has 1 aliphatic rings. The molecule has 1 aromatic carbocycles. The number of rotatable bonds is 3. The molecule has 5 nitrogen and oxygen atoms in total. The van der Waals surface area contributed by atoms with Crippen LogP contribution in [0.4, 0.5) is 4.79 Å². The summed E-state index contributed by atoms with van der Waals surface area (Å²) in [7, 11) is 0. The zero-order valence-corrected chi connectivity index (χ0v) is 8.97. The molecular formula is C11H13N3O2. The molecule has 0 saturated carbocycles. The fourth-order valence-corrected chi connectivity index (χ4v) is 1.83. The summed E-state index contributed by atoms with van der Waals surface area (Å²) in [6.07, 6.45) is 0.267. The molecular weight excluding hydrogens is 206 g/mol. The van der Waals surface area contributed by atoms with E-state index in [-0.39, 0.29) is 0 Å². The van der Waals surface area contributed by atoms with E-state index in [0.29, 0.717) is 6.42 Å². The van der Waals surface area contributed by atoms with Crippen molar-refractivity contribution in [1.29, 1.82) is 0 Å². The highest BCUT2D eigenvalue weighted by atomic mass is 16.4. The summed E-state index contributed by atoms with van der Waals surface area (Å²) in [5, 5.41) is 12.7. The molecule has 2 N–H and O–H groups in total. The summed E-state index contributed by atoms with van der Waals surface area (Å²) < 4.78 is 0. The molecule has 0 aliphatic carbocycles. The first-order valence-corrected chi connectivity index (χ1v) is 5.21. The summed E-state index contributed by atoms with van der Waals surface area (Å²) in [4.78, 5) is 19.5. The minimum absolute atomic E-state index is 0.563. The molecule has 0 spiro atoms. The Balaban J connectivity index is 2.45. The maximum absolute atomic E-state index is 10.8. The van der Waals surface area contributed by atoms with Crippen LogP contribution in [0.3, 0.4) is 0 Å². The number of amides is 1. The van der Waals surface area contributed by atoms with Gasteiger partial charge in [-0.2, -0.15) is 0 Å². The maximum Gasteiger partial charge on any atom is 0.408 e. The molecule has 84 valence electrons. The van der Waals surface area contributed by atoms with Crippen molar-refractivity contribution in [2.24, 2.45) is 9.98 Å². The zero-order chi connectivity index (χ0) is 11.6. The smallest absolute Gasteiger partial charge is 0.408 e. The average molecular weight is 219 g/mol. The second-order valence-corrected chi connectivity index (χ2v) is 3.71. The van der Waals surface area contributed by atoms with Gasteiger partial charge in [0.2, 0.25) is 5.79 Å². The molecule has 2 rings (SSSR count). The molecule has 0 fully saturated rings. The van der Waals surface area contributed by atoms with Crippen LogP contribution in [0.1, 0.15) is 19.8 Å². The molecule has 1 heterocycles. The van der Waals surface area contributed by atoms with Gasteiger partial charge in [-0.3, -0.25) is 5.32 Å². The summed E-state index contributed by atoms with van der Waals surface area (Å²) in [5.41, 5.74) is 0. The summed E-state index contributed by atoms with van der Waals surface area (Å²) >= 11 is 0. The van der Waals surface area contributed by atoms with Gasteiger partial charge in [0.25, 0.3) is 0 Å². The van der Waals surface area contributed by atoms with Crippen molar-refractivity contribution >= 4 is 6.09 Å². The van der Waals surface area contributed by atoms with Crippen LogP contribution in [-0.4, -0.2) is 17.0 Å². The van der Waals surface area contributed by atoms with E-state index in [4.69, 9.17) is 5.11 Å². The van der Waals surface area contributed by atoms with Crippen molar-refractivity contribution in [2.45, 2.75) is 25.6 Å². The number of para-hydroxylation sites is 2. The fraction of sp³-hybridized carbons (Fsp3) is 0.364. The van der Waals surface area contributed by atoms with Gasteiger partial charge in [0.05, 0.1) is 10.7 Å². The van der Waals surface area contributed by atoms with Crippen molar-refractivity contribution < 1.29 is 9.90 Å². The molecule has 16 heavy (non-hydrogen) atoms. The first kappa shape index (κ1) is 10.6. The fourth-order valence-electron chi connectivity index (χ4n) is 1.83. The largest absolute Gasteiger partial charge is 0.465 e. The van der Waals surface area contributed by atoms with Crippen molar-refractivity contribution in [3.05, 3.63) is 35.0 Å². The predicted octanol–water partition coefficient (Wildman–Crippen LogP) is 0.661. The third-order valence-corrected chi connectivity index (χ3v) is 2.40. The Kier molecular flexibility index (Phi) is 2.60. The van der Waals surface area contributed by atoms with Gasteiger partial charge in [-0.1, -0.05) is 25.5 Å². The molecule has 0 radical (unpaired) electrons. The van der Waals surface area contributed by atoms with Gasteiger partial charge >= 0.3 is 6.09 Å². The van der Waals surface area contributed by atoms with E-state index in [1.54, 1.807) is 0 Å². The van der Waals surface area contributed by atoms with Crippen LogP contribution in [0.2, 0.25) is 0 Å². The molecule has 5 heteroatoms. The second kappa shape index (κ2) is 3.92. The highest BCUT2D eigenvalue weighted by Crippen LogP contribution is 2.17. The minimum Gasteiger partial charge on any atom is -0.465 e. The monoisotopic (exact) mass is 219 g/mol. The molecule has 0 atom stereocenters. The van der Waals surface area contributed by atoms with Gasteiger partial charge in [0.1, 0.15) is 0 Å². The SMILES string of the molecule is CCCC1(NC(=O)O)N=c2ccccc2=N1. The van der Waals surface area contributed by atoms with E-state index in [1.807, 2.05) is 31.2 Å². The van der Waals surface area contributed by atoms with E-state index in [9.17, 15) is 4.79 Å². The van der Waals surface area contributed by atoms with E-state index >= 15 is 0 Å². The quantitative estimate of drug-likeness (QED) is 0.783. The Labute approximate surface area is 92.5 Å². The third-order valence-electron chi connectivity index (χ3n) is 2.40. The van der Waals surface area contributed by atoms with Gasteiger partial charge in [-0.15, -0.1) is 0 Å². The average Bonchev–Trinajstić information content (AvgIpc) is 2.54. The molecule has 0 aromatic heterocycles. The van der Waals surface area contributed by atoms with Crippen LogP contribution in [0.15, 0.2) is 34.3 Å². The summed E-state index contributed by atoms with van der Waals surface area (Å²) in [6.45, 7) is 1.97. The molecule has 1 aromatic rings. The summed E-state index contributed by atoms with van der Waals surface area (Å²) in [6, 6.07) is 7.39. The third kappa shape index (κ3) is 1.88. The number of carboxylic acid groups (broad SMARTS) is 1. The maximum atomic E-state index is 10.8. The number of nitrogens with zero attached hydrogens (tertiary/aromatic N) is 2. The standard InChI is InChI=1S/C11H13N3O2/c1-2-7-11(14-10(15)16)12-8-5-3-4-6-9(8)13-11/h3-6,14H,2,7H2,1H3,(H,15,16). The highest BCUT2D eigenvalue weighted by Gasteiger charge is 2.31. The van der Waals surface area contributed by atoms with Crippen molar-refractivity contribution in [3.63, 3.8) is 0 Å². The first-order valence-electron chi connectivity index (χ1n) is 5.21. The van der Waals surface area contributed by atoms with E-state index in [2.05, 4.69) is 15.3 Å². The molecule has 1 amide bonds. The number of fused-ring (bicyclic) bond motifs is 1. The van der Waals surface area contributed by atoms with Crippen molar-refractivity contribution in [2.75, 3.05) is 0 Å². The van der Waals surface area contributed by atoms with Crippen LogP contribution >= 0.6 is 0 Å².